The molecule has 0 aliphatic carbocycles. The molecule has 1 N–H and O–H groups in total. The molecule has 0 aliphatic rings. The Labute approximate surface area is 243 Å². The molecule has 3 aromatic carbocycles. The Kier molecular flexibility index (Phi) is 10.0. The van der Waals surface area contributed by atoms with Gasteiger partial charge in [0.15, 0.2) is 0 Å². The number of carbonyl (C=O) groups excluding carboxylic acids is 2. The minimum absolute atomic E-state index is 0.00977. The van der Waals surface area contributed by atoms with Crippen molar-refractivity contribution < 1.29 is 18.0 Å². The van der Waals surface area contributed by atoms with Crippen LogP contribution in [0.1, 0.15) is 50.8 Å². The second-order valence-electron chi connectivity index (χ2n) is 10.9. The molecule has 0 saturated heterocycles. The predicted octanol–water partition coefficient (Wildman–Crippen LogP) is 5.87. The van der Waals surface area contributed by atoms with Gasteiger partial charge in [-0.2, -0.15) is 0 Å². The van der Waals surface area contributed by atoms with E-state index in [4.69, 9.17) is 11.6 Å². The molecule has 214 valence electrons. The molecule has 1 unspecified atom stereocenters. The normalized spacial score (nSPS) is 12.5. The summed E-state index contributed by atoms with van der Waals surface area (Å²) in [5, 5.41) is 3.38. The molecule has 0 fully saturated rings. The topological polar surface area (TPSA) is 86.8 Å². The number of sulfonamides is 1. The van der Waals surface area contributed by atoms with Gasteiger partial charge in [-0.25, -0.2) is 8.42 Å². The average Bonchev–Trinajstić information content (AvgIpc) is 2.88. The maximum absolute atomic E-state index is 14.1. The van der Waals surface area contributed by atoms with Crippen molar-refractivity contribution in [1.29, 1.82) is 0 Å². The highest BCUT2D eigenvalue weighted by Gasteiger charge is 2.35. The van der Waals surface area contributed by atoms with Gasteiger partial charge in [0.25, 0.3) is 10.0 Å². The predicted molar refractivity (Wildman–Crippen MR) is 161 cm³/mol. The Morgan fingerprint density at radius 2 is 1.52 bits per heavy atom. The fourth-order valence-corrected chi connectivity index (χ4v) is 5.96. The fourth-order valence-electron chi connectivity index (χ4n) is 4.35. The number of aryl methyl sites for hydroxylation is 2. The lowest BCUT2D eigenvalue weighted by molar-refractivity contribution is -0.141. The monoisotopic (exact) mass is 583 g/mol. The van der Waals surface area contributed by atoms with Gasteiger partial charge >= 0.3 is 0 Å². The van der Waals surface area contributed by atoms with Gasteiger partial charge in [-0.15, -0.1) is 0 Å². The third kappa shape index (κ3) is 7.86. The second-order valence-corrected chi connectivity index (χ2v) is 13.2. The molecule has 0 spiro atoms. The van der Waals surface area contributed by atoms with Crippen molar-refractivity contribution in [2.45, 2.75) is 71.0 Å². The van der Waals surface area contributed by atoms with E-state index in [2.05, 4.69) is 5.32 Å². The van der Waals surface area contributed by atoms with Gasteiger partial charge in [-0.05, 0) is 82.5 Å². The summed E-state index contributed by atoms with van der Waals surface area (Å²) in [7, 11) is -4.16. The maximum atomic E-state index is 14.1. The molecular weight excluding hydrogens is 546 g/mol. The van der Waals surface area contributed by atoms with Crippen LogP contribution in [-0.4, -0.2) is 43.3 Å². The van der Waals surface area contributed by atoms with E-state index in [1.807, 2.05) is 58.9 Å². The quantitative estimate of drug-likeness (QED) is 0.323. The van der Waals surface area contributed by atoms with Gasteiger partial charge < -0.3 is 10.2 Å². The summed E-state index contributed by atoms with van der Waals surface area (Å²) < 4.78 is 29.0. The zero-order valence-corrected chi connectivity index (χ0v) is 25.5. The smallest absolute Gasteiger partial charge is 0.264 e. The average molecular weight is 584 g/mol. The van der Waals surface area contributed by atoms with Gasteiger partial charge in [0.05, 0.1) is 10.6 Å². The first-order chi connectivity index (χ1) is 18.7. The van der Waals surface area contributed by atoms with Crippen molar-refractivity contribution in [3.05, 3.63) is 94.5 Å². The largest absolute Gasteiger partial charge is 0.350 e. The highest BCUT2D eigenvalue weighted by molar-refractivity contribution is 7.92. The summed E-state index contributed by atoms with van der Waals surface area (Å²) >= 11 is 6.02. The number of para-hydroxylation sites is 1. The highest BCUT2D eigenvalue weighted by atomic mass is 35.5. The summed E-state index contributed by atoms with van der Waals surface area (Å²) in [5.74, 6) is -0.782. The molecule has 1 atom stereocenters. The van der Waals surface area contributed by atoms with E-state index in [9.17, 15) is 18.0 Å². The molecule has 2 amide bonds. The summed E-state index contributed by atoms with van der Waals surface area (Å²) in [6.45, 7) is 10.9. The molecule has 7 nitrogen and oxygen atoms in total. The number of rotatable bonds is 10. The van der Waals surface area contributed by atoms with Crippen molar-refractivity contribution in [2.75, 3.05) is 10.8 Å². The first-order valence-corrected chi connectivity index (χ1v) is 15.1. The number of nitrogens with one attached hydrogen (secondary N) is 1. The number of nitrogens with zero attached hydrogens (tertiary/aromatic N) is 2. The zero-order valence-electron chi connectivity index (χ0n) is 23.9. The van der Waals surface area contributed by atoms with Gasteiger partial charge in [0.1, 0.15) is 12.6 Å². The number of hydrogen-bond donors (Lipinski definition) is 1. The number of carbonyl (C=O) groups is 2. The van der Waals surface area contributed by atoms with Crippen LogP contribution < -0.4 is 9.62 Å². The van der Waals surface area contributed by atoms with Gasteiger partial charge in [-0.3, -0.25) is 13.9 Å². The van der Waals surface area contributed by atoms with Crippen molar-refractivity contribution in [3.8, 4) is 0 Å². The number of halogens is 1. The molecule has 9 heteroatoms. The van der Waals surface area contributed by atoms with Crippen LogP contribution in [0.3, 0.4) is 0 Å². The third-order valence-corrected chi connectivity index (χ3v) is 8.45. The summed E-state index contributed by atoms with van der Waals surface area (Å²) in [5.41, 5.74) is 2.47. The second kappa shape index (κ2) is 12.9. The van der Waals surface area contributed by atoms with Crippen LogP contribution in [-0.2, 0) is 26.2 Å². The van der Waals surface area contributed by atoms with Crippen LogP contribution >= 0.6 is 11.6 Å². The zero-order chi connectivity index (χ0) is 29.7. The summed E-state index contributed by atoms with van der Waals surface area (Å²) in [6, 6.07) is 19.7. The van der Waals surface area contributed by atoms with Gasteiger partial charge in [-0.1, -0.05) is 66.6 Å². The Morgan fingerprint density at radius 1 is 0.925 bits per heavy atom. The van der Waals surface area contributed by atoms with E-state index in [1.54, 1.807) is 31.2 Å². The Balaban J connectivity index is 2.08. The van der Waals surface area contributed by atoms with E-state index in [0.29, 0.717) is 22.7 Å². The van der Waals surface area contributed by atoms with Crippen LogP contribution in [0, 0.1) is 13.8 Å². The Hall–Kier alpha value is -3.36. The first-order valence-electron chi connectivity index (χ1n) is 13.2. The minimum atomic E-state index is -4.16. The van der Waals surface area contributed by atoms with Gasteiger partial charge in [0.2, 0.25) is 11.8 Å². The molecule has 0 aromatic heterocycles. The van der Waals surface area contributed by atoms with Crippen molar-refractivity contribution in [2.24, 2.45) is 0 Å². The molecule has 0 aliphatic heterocycles. The number of amides is 2. The molecule has 0 saturated carbocycles. The lowest BCUT2D eigenvalue weighted by Crippen LogP contribution is -2.55. The lowest BCUT2D eigenvalue weighted by atomic mass is 10.1. The van der Waals surface area contributed by atoms with Crippen molar-refractivity contribution >= 4 is 39.1 Å². The molecule has 3 aromatic rings. The Bertz CT molecular complexity index is 1430. The first kappa shape index (κ1) is 31.2. The maximum Gasteiger partial charge on any atom is 0.264 e. The molecule has 3 rings (SSSR count). The van der Waals surface area contributed by atoms with Crippen LogP contribution in [0.25, 0.3) is 0 Å². The highest BCUT2D eigenvalue weighted by Crippen LogP contribution is 2.28. The van der Waals surface area contributed by atoms with Crippen LogP contribution in [0.15, 0.2) is 77.7 Å². The Morgan fingerprint density at radius 3 is 2.08 bits per heavy atom. The summed E-state index contributed by atoms with van der Waals surface area (Å²) in [6.07, 6.45) is 0.355. The molecule has 0 heterocycles. The molecular formula is C31H38ClN3O4S. The molecule has 0 bridgehead atoms. The molecule has 40 heavy (non-hydrogen) atoms. The number of benzene rings is 3. The minimum Gasteiger partial charge on any atom is -0.350 e. The van der Waals surface area contributed by atoms with E-state index < -0.39 is 34.1 Å². The fraction of sp³-hybridized carbons (Fsp3) is 0.355. The lowest BCUT2D eigenvalue weighted by Gasteiger charge is -2.35. The van der Waals surface area contributed by atoms with Gasteiger partial charge in [0, 0.05) is 17.1 Å². The summed E-state index contributed by atoms with van der Waals surface area (Å²) in [4.78, 5) is 29.0. The van der Waals surface area contributed by atoms with Crippen molar-refractivity contribution in [1.82, 2.24) is 10.2 Å². The van der Waals surface area contributed by atoms with Crippen LogP contribution in [0.2, 0.25) is 5.02 Å². The van der Waals surface area contributed by atoms with E-state index >= 15 is 0 Å². The van der Waals surface area contributed by atoms with Crippen LogP contribution in [0.4, 0.5) is 5.69 Å². The number of anilines is 1. The number of hydrogen-bond acceptors (Lipinski definition) is 4. The van der Waals surface area contributed by atoms with E-state index in [0.717, 1.165) is 15.4 Å². The standard InChI is InChI=1S/C31H38ClN3O4S/c1-7-27(30(37)33-31(4,5)6)34(20-24-14-12-22(2)13-15-24)29(36)21-35(28-11-9-8-10-23(28)3)40(38,39)26-18-16-25(32)17-19-26/h8-19,27H,7,20-21H2,1-6H3,(H,33,37). The SMILES string of the molecule is CCC(C(=O)NC(C)(C)C)N(Cc1ccc(C)cc1)C(=O)CN(c1ccccc1C)S(=O)(=O)c1ccc(Cl)cc1. The van der Waals surface area contributed by atoms with Crippen LogP contribution in [0.5, 0.6) is 0 Å². The van der Waals surface area contributed by atoms with E-state index in [1.165, 1.54) is 29.2 Å². The van der Waals surface area contributed by atoms with E-state index in [-0.39, 0.29) is 17.3 Å². The molecule has 0 radical (unpaired) electrons. The third-order valence-electron chi connectivity index (χ3n) is 6.42. The van der Waals surface area contributed by atoms with Crippen molar-refractivity contribution in [3.63, 3.8) is 0 Å².